The van der Waals surface area contributed by atoms with Gasteiger partial charge in [0.2, 0.25) is 0 Å². The van der Waals surface area contributed by atoms with Gasteiger partial charge in [0.1, 0.15) is 12.2 Å². The Bertz CT molecular complexity index is 893. The summed E-state index contributed by atoms with van der Waals surface area (Å²) in [6.07, 6.45) is 3.21. The minimum absolute atomic E-state index is 0.255. The van der Waals surface area contributed by atoms with Gasteiger partial charge in [0.25, 0.3) is 0 Å². The van der Waals surface area contributed by atoms with Crippen LogP contribution in [0.5, 0.6) is 0 Å². The Kier molecular flexibility index (Phi) is 6.56. The van der Waals surface area contributed by atoms with Crippen molar-refractivity contribution in [2.24, 2.45) is 5.92 Å². The number of ether oxygens (including phenoxy) is 1. The van der Waals surface area contributed by atoms with Crippen LogP contribution in [0.3, 0.4) is 0 Å². The first-order valence-corrected chi connectivity index (χ1v) is 12.1. The standard InChI is InChI=1S/C25H32O4S/c1-14-19-5-4-6-20(19)17(11-16-7-9-18(30-3)10-8-16)12-21(14)25-15(2)23(27)24(28)22(13-26)29-25/h7-10,12,15,22-28H,4-6,11,13H2,1-3H3. The van der Waals surface area contributed by atoms with Crippen molar-refractivity contribution in [3.8, 4) is 0 Å². The van der Waals surface area contributed by atoms with Crippen molar-refractivity contribution in [1.82, 2.24) is 0 Å². The Balaban J connectivity index is 1.72. The van der Waals surface area contributed by atoms with Gasteiger partial charge in [-0.1, -0.05) is 25.1 Å². The summed E-state index contributed by atoms with van der Waals surface area (Å²) in [6, 6.07) is 11.0. The average molecular weight is 429 g/mol. The normalized spacial score (nSPS) is 28.5. The van der Waals surface area contributed by atoms with Crippen molar-refractivity contribution in [1.29, 1.82) is 0 Å². The van der Waals surface area contributed by atoms with E-state index < -0.39 is 18.3 Å². The van der Waals surface area contributed by atoms with E-state index in [0.717, 1.165) is 24.8 Å². The molecule has 3 N–H and O–H groups in total. The van der Waals surface area contributed by atoms with E-state index in [2.05, 4.69) is 43.5 Å². The van der Waals surface area contributed by atoms with Crippen molar-refractivity contribution in [3.63, 3.8) is 0 Å². The Morgan fingerprint density at radius 2 is 1.77 bits per heavy atom. The first-order chi connectivity index (χ1) is 14.4. The lowest BCUT2D eigenvalue weighted by atomic mass is 9.81. The van der Waals surface area contributed by atoms with E-state index >= 15 is 0 Å². The molecule has 2 aliphatic rings. The van der Waals surface area contributed by atoms with Crippen LogP contribution in [0.25, 0.3) is 0 Å². The number of hydrogen-bond acceptors (Lipinski definition) is 5. The van der Waals surface area contributed by atoms with Crippen LogP contribution in [-0.2, 0) is 24.0 Å². The lowest BCUT2D eigenvalue weighted by molar-refractivity contribution is -0.207. The Morgan fingerprint density at radius 3 is 2.43 bits per heavy atom. The predicted octanol–water partition coefficient (Wildman–Crippen LogP) is 3.59. The number of benzene rings is 2. The van der Waals surface area contributed by atoms with Gasteiger partial charge in [0.05, 0.1) is 18.8 Å². The maximum absolute atomic E-state index is 10.6. The minimum atomic E-state index is -1.06. The number of aliphatic hydroxyl groups excluding tert-OH is 3. The van der Waals surface area contributed by atoms with E-state index in [9.17, 15) is 15.3 Å². The summed E-state index contributed by atoms with van der Waals surface area (Å²) in [5.74, 6) is -0.255. The second kappa shape index (κ2) is 9.01. The first-order valence-electron chi connectivity index (χ1n) is 10.8. The molecule has 1 fully saturated rings. The van der Waals surface area contributed by atoms with Crippen LogP contribution in [0, 0.1) is 12.8 Å². The summed E-state index contributed by atoms with van der Waals surface area (Å²) < 4.78 is 6.13. The number of thioether (sulfide) groups is 1. The molecular weight excluding hydrogens is 396 g/mol. The fourth-order valence-corrected chi connectivity index (χ4v) is 5.50. The summed E-state index contributed by atoms with van der Waals surface area (Å²) in [6.45, 7) is 3.76. The molecule has 1 aliphatic carbocycles. The molecule has 4 rings (SSSR count). The van der Waals surface area contributed by atoms with Gasteiger partial charge in [-0.25, -0.2) is 0 Å². The lowest BCUT2D eigenvalue weighted by Gasteiger charge is -2.42. The van der Waals surface area contributed by atoms with Crippen molar-refractivity contribution < 1.29 is 20.1 Å². The van der Waals surface area contributed by atoms with Crippen LogP contribution in [0.2, 0.25) is 0 Å². The fourth-order valence-electron chi connectivity index (χ4n) is 5.10. The van der Waals surface area contributed by atoms with E-state index in [0.29, 0.717) is 0 Å². The number of hydrogen-bond donors (Lipinski definition) is 3. The van der Waals surface area contributed by atoms with Gasteiger partial charge in [-0.2, -0.15) is 0 Å². The minimum Gasteiger partial charge on any atom is -0.394 e. The predicted molar refractivity (Wildman–Crippen MR) is 120 cm³/mol. The molecule has 0 spiro atoms. The Hall–Kier alpha value is -1.37. The highest BCUT2D eigenvalue weighted by atomic mass is 32.2. The highest BCUT2D eigenvalue weighted by Crippen LogP contribution is 2.42. The van der Waals surface area contributed by atoms with Crippen LogP contribution < -0.4 is 0 Å². The Labute approximate surface area is 183 Å². The van der Waals surface area contributed by atoms with Gasteiger partial charge in [-0.05, 0) is 84.4 Å². The molecule has 30 heavy (non-hydrogen) atoms. The molecule has 0 saturated carbocycles. The van der Waals surface area contributed by atoms with Crippen LogP contribution in [0.1, 0.15) is 52.8 Å². The highest BCUT2D eigenvalue weighted by molar-refractivity contribution is 7.98. The van der Waals surface area contributed by atoms with Crippen LogP contribution in [0.15, 0.2) is 35.2 Å². The summed E-state index contributed by atoms with van der Waals surface area (Å²) in [4.78, 5) is 1.26. The number of fused-ring (bicyclic) bond motifs is 1. The zero-order valence-electron chi connectivity index (χ0n) is 18.0. The van der Waals surface area contributed by atoms with Crippen LogP contribution in [0.4, 0.5) is 0 Å². The van der Waals surface area contributed by atoms with E-state index in [1.165, 1.54) is 39.1 Å². The quantitative estimate of drug-likeness (QED) is 0.635. The summed E-state index contributed by atoms with van der Waals surface area (Å²) in [5.41, 5.74) is 7.83. The molecule has 1 heterocycles. The van der Waals surface area contributed by atoms with E-state index in [-0.39, 0.29) is 18.6 Å². The third-order valence-corrected chi connectivity index (χ3v) is 7.67. The molecule has 162 valence electrons. The third kappa shape index (κ3) is 3.94. The molecule has 5 heteroatoms. The molecule has 5 atom stereocenters. The molecule has 1 saturated heterocycles. The van der Waals surface area contributed by atoms with Gasteiger partial charge in [-0.15, -0.1) is 11.8 Å². The third-order valence-electron chi connectivity index (χ3n) is 6.93. The van der Waals surface area contributed by atoms with Gasteiger partial charge in [0, 0.05) is 10.8 Å². The van der Waals surface area contributed by atoms with Gasteiger partial charge >= 0.3 is 0 Å². The lowest BCUT2D eigenvalue weighted by Crippen LogP contribution is -2.51. The average Bonchev–Trinajstić information content (AvgIpc) is 3.26. The zero-order chi connectivity index (χ0) is 21.4. The largest absolute Gasteiger partial charge is 0.394 e. The fraction of sp³-hybridized carbons (Fsp3) is 0.520. The van der Waals surface area contributed by atoms with Crippen molar-refractivity contribution in [2.45, 2.75) is 68.8 Å². The molecule has 5 unspecified atom stereocenters. The molecule has 2 aromatic rings. The molecule has 4 nitrogen and oxygen atoms in total. The Morgan fingerprint density at radius 1 is 1.07 bits per heavy atom. The zero-order valence-corrected chi connectivity index (χ0v) is 18.8. The maximum Gasteiger partial charge on any atom is 0.110 e. The van der Waals surface area contributed by atoms with Gasteiger partial charge in [0.15, 0.2) is 0 Å². The number of aliphatic hydroxyl groups is 3. The smallest absolute Gasteiger partial charge is 0.110 e. The molecule has 2 aromatic carbocycles. The number of rotatable bonds is 5. The van der Waals surface area contributed by atoms with Crippen molar-refractivity contribution in [2.75, 3.05) is 12.9 Å². The van der Waals surface area contributed by atoms with E-state index in [1.54, 1.807) is 11.8 Å². The van der Waals surface area contributed by atoms with Gasteiger partial charge < -0.3 is 20.1 Å². The first kappa shape index (κ1) is 21.8. The summed E-state index contributed by atoms with van der Waals surface area (Å²) >= 11 is 1.75. The van der Waals surface area contributed by atoms with Gasteiger partial charge in [-0.3, -0.25) is 0 Å². The monoisotopic (exact) mass is 428 g/mol. The second-order valence-corrected chi connectivity index (χ2v) is 9.58. The van der Waals surface area contributed by atoms with Crippen LogP contribution >= 0.6 is 11.8 Å². The topological polar surface area (TPSA) is 69.9 Å². The highest BCUT2D eigenvalue weighted by Gasteiger charge is 2.43. The molecule has 1 aliphatic heterocycles. The van der Waals surface area contributed by atoms with E-state index in [1.807, 2.05) is 6.92 Å². The molecular formula is C25H32O4S. The molecule has 0 amide bonds. The molecule has 0 aromatic heterocycles. The van der Waals surface area contributed by atoms with E-state index in [4.69, 9.17) is 4.74 Å². The second-order valence-electron chi connectivity index (χ2n) is 8.70. The van der Waals surface area contributed by atoms with Crippen LogP contribution in [-0.4, -0.2) is 46.5 Å². The molecule has 0 radical (unpaired) electrons. The SMILES string of the molecule is CSc1ccc(Cc2cc(C3OC(CO)C(O)C(O)C3C)c(C)c3c2CCC3)cc1. The van der Waals surface area contributed by atoms with Crippen molar-refractivity contribution in [3.05, 3.63) is 63.7 Å². The van der Waals surface area contributed by atoms with Crippen molar-refractivity contribution >= 4 is 11.8 Å². The maximum atomic E-state index is 10.6. The molecule has 0 bridgehead atoms. The summed E-state index contributed by atoms with van der Waals surface area (Å²) in [7, 11) is 0. The summed E-state index contributed by atoms with van der Waals surface area (Å²) in [5, 5.41) is 30.5.